The zero-order chi connectivity index (χ0) is 13.4. The van der Waals surface area contributed by atoms with Crippen molar-refractivity contribution in [1.29, 1.82) is 0 Å². The molecule has 0 radical (unpaired) electrons. The van der Waals surface area contributed by atoms with Gasteiger partial charge in [0.05, 0.1) is 17.4 Å². The molecule has 0 atom stereocenters. The van der Waals surface area contributed by atoms with Crippen molar-refractivity contribution in [1.82, 2.24) is 9.55 Å². The Balaban J connectivity index is 2.01. The summed E-state index contributed by atoms with van der Waals surface area (Å²) in [6.07, 6.45) is 1.92. The fraction of sp³-hybridized carbons (Fsp3) is 0.188. The zero-order valence-corrected chi connectivity index (χ0v) is 12.6. The van der Waals surface area contributed by atoms with Gasteiger partial charge in [0.25, 0.3) is 0 Å². The number of nitrogens with zero attached hydrogens (tertiary/aromatic N) is 2. The Bertz CT molecular complexity index is 726. The van der Waals surface area contributed by atoms with Gasteiger partial charge in [0.1, 0.15) is 0 Å². The third kappa shape index (κ3) is 2.43. The van der Waals surface area contributed by atoms with Crippen LogP contribution >= 0.6 is 15.9 Å². The molecule has 3 heteroatoms. The van der Waals surface area contributed by atoms with Gasteiger partial charge >= 0.3 is 0 Å². The molecule has 0 saturated carbocycles. The standard InChI is InChI=1S/C16H15BrN2/c1-11-7-15-16(8-12(11)2)19(10-18-15)9-13-3-5-14(17)6-4-13/h3-8,10H,9H2,1-2H3. The van der Waals surface area contributed by atoms with E-state index in [1.807, 2.05) is 6.33 Å². The van der Waals surface area contributed by atoms with Gasteiger partial charge in [0, 0.05) is 11.0 Å². The summed E-state index contributed by atoms with van der Waals surface area (Å²) in [5, 5.41) is 0. The second kappa shape index (κ2) is 4.82. The second-order valence-electron chi connectivity index (χ2n) is 4.92. The molecule has 3 rings (SSSR count). The number of benzene rings is 2. The van der Waals surface area contributed by atoms with Crippen molar-refractivity contribution in [3.63, 3.8) is 0 Å². The van der Waals surface area contributed by atoms with Crippen molar-refractivity contribution >= 4 is 27.0 Å². The molecule has 0 aliphatic carbocycles. The maximum atomic E-state index is 4.49. The molecule has 0 aliphatic heterocycles. The van der Waals surface area contributed by atoms with Crippen molar-refractivity contribution in [3.8, 4) is 0 Å². The number of imidazole rings is 1. The van der Waals surface area contributed by atoms with Gasteiger partial charge in [-0.15, -0.1) is 0 Å². The lowest BCUT2D eigenvalue weighted by atomic mass is 10.1. The topological polar surface area (TPSA) is 17.8 Å². The van der Waals surface area contributed by atoms with Crippen LogP contribution in [0.2, 0.25) is 0 Å². The normalized spacial score (nSPS) is 11.1. The summed E-state index contributed by atoms with van der Waals surface area (Å²) in [7, 11) is 0. The fourth-order valence-corrected chi connectivity index (χ4v) is 2.49. The van der Waals surface area contributed by atoms with E-state index >= 15 is 0 Å². The van der Waals surface area contributed by atoms with Crippen LogP contribution in [0.4, 0.5) is 0 Å². The maximum Gasteiger partial charge on any atom is 0.0961 e. The molecule has 0 saturated heterocycles. The lowest BCUT2D eigenvalue weighted by Gasteiger charge is -2.06. The first-order chi connectivity index (χ1) is 9.13. The first-order valence-electron chi connectivity index (χ1n) is 6.30. The highest BCUT2D eigenvalue weighted by Crippen LogP contribution is 2.20. The number of aryl methyl sites for hydroxylation is 2. The van der Waals surface area contributed by atoms with Gasteiger partial charge in [-0.2, -0.15) is 0 Å². The van der Waals surface area contributed by atoms with Crippen LogP contribution in [0.5, 0.6) is 0 Å². The molecule has 0 spiro atoms. The number of halogens is 1. The van der Waals surface area contributed by atoms with E-state index in [1.165, 1.54) is 22.2 Å². The third-order valence-electron chi connectivity index (χ3n) is 3.50. The molecule has 0 fully saturated rings. The van der Waals surface area contributed by atoms with Crippen molar-refractivity contribution in [2.75, 3.05) is 0 Å². The van der Waals surface area contributed by atoms with Crippen molar-refractivity contribution in [3.05, 3.63) is 63.9 Å². The number of fused-ring (bicyclic) bond motifs is 1. The van der Waals surface area contributed by atoms with Crippen molar-refractivity contribution in [2.24, 2.45) is 0 Å². The molecule has 2 nitrogen and oxygen atoms in total. The lowest BCUT2D eigenvalue weighted by molar-refractivity contribution is 0.824. The van der Waals surface area contributed by atoms with E-state index < -0.39 is 0 Å². The third-order valence-corrected chi connectivity index (χ3v) is 4.03. The summed E-state index contributed by atoms with van der Waals surface area (Å²) < 4.78 is 3.31. The van der Waals surface area contributed by atoms with Gasteiger partial charge in [-0.1, -0.05) is 28.1 Å². The van der Waals surface area contributed by atoms with Gasteiger partial charge in [-0.25, -0.2) is 4.98 Å². The number of hydrogen-bond acceptors (Lipinski definition) is 1. The molecule has 1 heterocycles. The van der Waals surface area contributed by atoms with E-state index in [0.717, 1.165) is 16.5 Å². The highest BCUT2D eigenvalue weighted by atomic mass is 79.9. The molecule has 19 heavy (non-hydrogen) atoms. The van der Waals surface area contributed by atoms with Gasteiger partial charge in [-0.05, 0) is 54.8 Å². The molecule has 0 aliphatic rings. The average Bonchev–Trinajstić information content (AvgIpc) is 2.76. The highest BCUT2D eigenvalue weighted by molar-refractivity contribution is 9.10. The summed E-state index contributed by atoms with van der Waals surface area (Å²) in [4.78, 5) is 4.49. The maximum absolute atomic E-state index is 4.49. The van der Waals surface area contributed by atoms with Crippen molar-refractivity contribution in [2.45, 2.75) is 20.4 Å². The van der Waals surface area contributed by atoms with Crippen LogP contribution in [0.3, 0.4) is 0 Å². The number of rotatable bonds is 2. The van der Waals surface area contributed by atoms with Crippen molar-refractivity contribution < 1.29 is 0 Å². The summed E-state index contributed by atoms with van der Waals surface area (Å²) in [5.74, 6) is 0. The Kier molecular flexibility index (Phi) is 3.15. The van der Waals surface area contributed by atoms with E-state index in [2.05, 4.69) is 75.7 Å². The summed E-state index contributed by atoms with van der Waals surface area (Å²) in [5.41, 5.74) is 6.15. The fourth-order valence-electron chi connectivity index (χ4n) is 2.23. The largest absolute Gasteiger partial charge is 0.326 e. The van der Waals surface area contributed by atoms with Crippen LogP contribution < -0.4 is 0 Å². The predicted molar refractivity (Wildman–Crippen MR) is 82.5 cm³/mol. The zero-order valence-electron chi connectivity index (χ0n) is 11.0. The quantitative estimate of drug-likeness (QED) is 0.682. The Morgan fingerprint density at radius 2 is 1.74 bits per heavy atom. The molecule has 0 amide bonds. The highest BCUT2D eigenvalue weighted by Gasteiger charge is 2.05. The predicted octanol–water partition coefficient (Wildman–Crippen LogP) is 4.46. The second-order valence-corrected chi connectivity index (χ2v) is 5.84. The van der Waals surface area contributed by atoms with Crippen LogP contribution in [-0.2, 0) is 6.54 Å². The molecule has 0 unspecified atom stereocenters. The Hall–Kier alpha value is -1.61. The van der Waals surface area contributed by atoms with Crippen LogP contribution in [-0.4, -0.2) is 9.55 Å². The van der Waals surface area contributed by atoms with Crippen LogP contribution in [0.25, 0.3) is 11.0 Å². The van der Waals surface area contributed by atoms with E-state index in [4.69, 9.17) is 0 Å². The molecule has 96 valence electrons. The van der Waals surface area contributed by atoms with Gasteiger partial charge in [0.15, 0.2) is 0 Å². The van der Waals surface area contributed by atoms with Gasteiger partial charge in [0.2, 0.25) is 0 Å². The average molecular weight is 315 g/mol. The molecule has 0 N–H and O–H groups in total. The smallest absolute Gasteiger partial charge is 0.0961 e. The molecular weight excluding hydrogens is 300 g/mol. The van der Waals surface area contributed by atoms with Crippen LogP contribution in [0.15, 0.2) is 47.2 Å². The minimum atomic E-state index is 0.853. The van der Waals surface area contributed by atoms with Crippen LogP contribution in [0.1, 0.15) is 16.7 Å². The van der Waals surface area contributed by atoms with Gasteiger partial charge in [-0.3, -0.25) is 0 Å². The Morgan fingerprint density at radius 3 is 2.47 bits per heavy atom. The summed E-state index contributed by atoms with van der Waals surface area (Å²) in [6, 6.07) is 12.8. The number of hydrogen-bond donors (Lipinski definition) is 0. The SMILES string of the molecule is Cc1cc2ncn(Cc3ccc(Br)cc3)c2cc1C. The molecular formula is C16H15BrN2. The Labute approximate surface area is 121 Å². The molecule has 3 aromatic rings. The molecule has 1 aromatic heterocycles. The van der Waals surface area contributed by atoms with Crippen LogP contribution in [0, 0.1) is 13.8 Å². The monoisotopic (exact) mass is 314 g/mol. The van der Waals surface area contributed by atoms with E-state index in [-0.39, 0.29) is 0 Å². The molecule has 2 aromatic carbocycles. The van der Waals surface area contributed by atoms with E-state index in [9.17, 15) is 0 Å². The summed E-state index contributed by atoms with van der Waals surface area (Å²) >= 11 is 3.46. The summed E-state index contributed by atoms with van der Waals surface area (Å²) in [6.45, 7) is 5.13. The Morgan fingerprint density at radius 1 is 1.05 bits per heavy atom. The first kappa shape index (κ1) is 12.4. The number of aromatic nitrogens is 2. The minimum absolute atomic E-state index is 0.853. The minimum Gasteiger partial charge on any atom is -0.326 e. The lowest BCUT2D eigenvalue weighted by Crippen LogP contribution is -1.98. The van der Waals surface area contributed by atoms with E-state index in [0.29, 0.717) is 0 Å². The van der Waals surface area contributed by atoms with Gasteiger partial charge < -0.3 is 4.57 Å². The first-order valence-corrected chi connectivity index (χ1v) is 7.09. The van der Waals surface area contributed by atoms with E-state index in [1.54, 1.807) is 0 Å². The molecule has 0 bridgehead atoms.